The first-order valence-electron chi connectivity index (χ1n) is 7.25. The van der Waals surface area contributed by atoms with Crippen LogP contribution in [-0.2, 0) is 23.1 Å². The summed E-state index contributed by atoms with van der Waals surface area (Å²) < 4.78 is 66.5. The number of para-hydroxylation sites is 1. The van der Waals surface area contributed by atoms with Gasteiger partial charge in [0.25, 0.3) is 0 Å². The molecule has 0 bridgehead atoms. The van der Waals surface area contributed by atoms with Crippen LogP contribution in [0.15, 0.2) is 30.3 Å². The Morgan fingerprint density at radius 3 is 2.46 bits per heavy atom. The highest BCUT2D eigenvalue weighted by molar-refractivity contribution is 7.87. The monoisotopic (exact) mass is 391 g/mol. The van der Waals surface area contributed by atoms with E-state index in [1.165, 1.54) is 12.1 Å². The molecule has 0 spiro atoms. The molecular weight excluding hydrogens is 379 g/mol. The molecule has 26 heavy (non-hydrogen) atoms. The van der Waals surface area contributed by atoms with Gasteiger partial charge in [0.2, 0.25) is 5.88 Å². The summed E-state index contributed by atoms with van der Waals surface area (Å²) in [6.45, 7) is -0.250. The summed E-state index contributed by atoms with van der Waals surface area (Å²) in [6, 6.07) is 7.83. The lowest BCUT2D eigenvalue weighted by Crippen LogP contribution is -2.35. The number of hydrogen-bond donors (Lipinski definition) is 1. The molecule has 0 aliphatic carbocycles. The van der Waals surface area contributed by atoms with Crippen LogP contribution in [0.3, 0.4) is 0 Å². The Balaban J connectivity index is 2.14. The van der Waals surface area contributed by atoms with Crippen LogP contribution in [0, 0.1) is 0 Å². The maximum absolute atomic E-state index is 12.7. The first-order valence-corrected chi connectivity index (χ1v) is 8.66. The number of fused-ring (bicyclic) bond motifs is 1. The summed E-state index contributed by atoms with van der Waals surface area (Å²) in [5, 5.41) is 13.2. The van der Waals surface area contributed by atoms with Crippen molar-refractivity contribution in [2.24, 2.45) is 0 Å². The van der Waals surface area contributed by atoms with Crippen molar-refractivity contribution in [3.8, 4) is 11.6 Å². The van der Waals surface area contributed by atoms with Gasteiger partial charge in [-0.2, -0.15) is 31.4 Å². The molecule has 1 aromatic heterocycles. The summed E-state index contributed by atoms with van der Waals surface area (Å²) >= 11 is 0. The average Bonchev–Trinajstić information content (AvgIpc) is 2.92. The second-order valence-corrected chi connectivity index (χ2v) is 6.95. The van der Waals surface area contributed by atoms with Crippen molar-refractivity contribution in [1.82, 2.24) is 14.7 Å². The fraction of sp³-hybridized carbons (Fsp3) is 0.286. The van der Waals surface area contributed by atoms with E-state index in [0.29, 0.717) is 0 Å². The van der Waals surface area contributed by atoms with Crippen LogP contribution < -0.4 is 4.18 Å². The van der Waals surface area contributed by atoms with Gasteiger partial charge in [-0.1, -0.05) is 18.2 Å². The lowest BCUT2D eigenvalue weighted by atomic mass is 10.1. The van der Waals surface area contributed by atoms with E-state index in [0.717, 1.165) is 9.58 Å². The van der Waals surface area contributed by atoms with E-state index in [9.17, 15) is 26.4 Å². The molecule has 2 aromatic rings. The molecule has 2 heterocycles. The predicted molar refractivity (Wildman–Crippen MR) is 81.3 cm³/mol. The number of aromatic nitrogens is 2. The highest BCUT2D eigenvalue weighted by atomic mass is 32.2. The van der Waals surface area contributed by atoms with Crippen molar-refractivity contribution < 1.29 is 35.7 Å². The minimum atomic E-state index is -5.95. The number of nitrogens with zero attached hydrogens (tertiary/aromatic N) is 3. The van der Waals surface area contributed by atoms with Crippen molar-refractivity contribution in [3.63, 3.8) is 0 Å². The molecule has 0 atom stereocenters. The van der Waals surface area contributed by atoms with E-state index in [1.807, 2.05) is 0 Å². The number of halogens is 3. The highest BCUT2D eigenvalue weighted by Gasteiger charge is 2.50. The lowest BCUT2D eigenvalue weighted by molar-refractivity contribution is -0.0502. The molecule has 0 fully saturated rings. The van der Waals surface area contributed by atoms with Gasteiger partial charge in [0.05, 0.1) is 23.5 Å². The second-order valence-electron chi connectivity index (χ2n) is 5.42. The lowest BCUT2D eigenvalue weighted by Gasteiger charge is -2.23. The molecule has 1 aliphatic heterocycles. The van der Waals surface area contributed by atoms with Gasteiger partial charge >= 0.3 is 21.7 Å². The van der Waals surface area contributed by atoms with E-state index in [-0.39, 0.29) is 36.5 Å². The summed E-state index contributed by atoms with van der Waals surface area (Å²) in [6.07, 6.45) is -1.17. The van der Waals surface area contributed by atoms with E-state index in [4.69, 9.17) is 5.11 Å². The Morgan fingerprint density at radius 2 is 1.88 bits per heavy atom. The third kappa shape index (κ3) is 3.19. The normalized spacial score (nSPS) is 14.8. The fourth-order valence-corrected chi connectivity index (χ4v) is 2.97. The SMILES string of the molecule is O=C(O)N1CCc2nn(-c3ccccc3)c(OS(=O)(=O)C(F)(F)F)c2C1. The quantitative estimate of drug-likeness (QED) is 0.635. The Hall–Kier alpha value is -2.76. The van der Waals surface area contributed by atoms with Crippen molar-refractivity contribution in [2.45, 2.75) is 18.5 Å². The van der Waals surface area contributed by atoms with Crippen LogP contribution in [-0.4, -0.2) is 46.4 Å². The van der Waals surface area contributed by atoms with Gasteiger partial charge in [0.1, 0.15) is 0 Å². The molecule has 0 saturated heterocycles. The Morgan fingerprint density at radius 1 is 1.23 bits per heavy atom. The molecule has 1 aliphatic rings. The molecule has 0 saturated carbocycles. The minimum Gasteiger partial charge on any atom is -0.465 e. The number of carbonyl (C=O) groups is 1. The summed E-state index contributed by atoms with van der Waals surface area (Å²) in [5.74, 6) is -0.672. The Bertz CT molecular complexity index is 941. The second kappa shape index (κ2) is 6.20. The Labute approximate surface area is 145 Å². The predicted octanol–water partition coefficient (Wildman–Crippen LogP) is 2.14. The maximum Gasteiger partial charge on any atom is 0.534 e. The molecular formula is C14H12F3N3O5S. The molecule has 140 valence electrons. The third-order valence-electron chi connectivity index (χ3n) is 3.73. The van der Waals surface area contributed by atoms with Crippen molar-refractivity contribution in [1.29, 1.82) is 0 Å². The van der Waals surface area contributed by atoms with Crippen LogP contribution in [0.5, 0.6) is 5.88 Å². The van der Waals surface area contributed by atoms with Crippen LogP contribution in [0.2, 0.25) is 0 Å². The van der Waals surface area contributed by atoms with Gasteiger partial charge in [0, 0.05) is 13.0 Å². The first-order chi connectivity index (χ1) is 12.1. The van der Waals surface area contributed by atoms with E-state index in [1.54, 1.807) is 18.2 Å². The number of benzene rings is 1. The first kappa shape index (κ1) is 18.0. The van der Waals surface area contributed by atoms with Gasteiger partial charge in [-0.3, -0.25) is 0 Å². The highest BCUT2D eigenvalue weighted by Crippen LogP contribution is 2.34. The van der Waals surface area contributed by atoms with Gasteiger partial charge < -0.3 is 14.2 Å². The topological polar surface area (TPSA) is 102 Å². The van der Waals surface area contributed by atoms with Gasteiger partial charge in [-0.05, 0) is 12.1 Å². The van der Waals surface area contributed by atoms with Crippen molar-refractivity contribution in [2.75, 3.05) is 6.54 Å². The zero-order chi connectivity index (χ0) is 19.1. The molecule has 3 rings (SSSR count). The van der Waals surface area contributed by atoms with Crippen LogP contribution in [0.25, 0.3) is 5.69 Å². The molecule has 1 N–H and O–H groups in total. The third-order valence-corrected chi connectivity index (χ3v) is 4.67. The van der Waals surface area contributed by atoms with Gasteiger partial charge in [-0.25, -0.2) is 4.79 Å². The van der Waals surface area contributed by atoms with Crippen LogP contribution in [0.4, 0.5) is 18.0 Å². The largest absolute Gasteiger partial charge is 0.534 e. The van der Waals surface area contributed by atoms with Crippen molar-refractivity contribution >= 4 is 16.2 Å². The molecule has 0 unspecified atom stereocenters. The zero-order valence-electron chi connectivity index (χ0n) is 13.0. The summed E-state index contributed by atoms with van der Waals surface area (Å²) in [4.78, 5) is 12.1. The maximum atomic E-state index is 12.7. The summed E-state index contributed by atoms with van der Waals surface area (Å²) in [7, 11) is -5.95. The molecule has 12 heteroatoms. The van der Waals surface area contributed by atoms with Gasteiger partial charge in [0.15, 0.2) is 0 Å². The van der Waals surface area contributed by atoms with Crippen LogP contribution >= 0.6 is 0 Å². The zero-order valence-corrected chi connectivity index (χ0v) is 13.8. The fourth-order valence-electron chi connectivity index (χ4n) is 2.49. The molecule has 0 radical (unpaired) electrons. The van der Waals surface area contributed by atoms with Crippen molar-refractivity contribution in [3.05, 3.63) is 41.6 Å². The van der Waals surface area contributed by atoms with E-state index < -0.39 is 27.6 Å². The number of hydrogen-bond acceptors (Lipinski definition) is 5. The number of amides is 1. The van der Waals surface area contributed by atoms with Crippen LogP contribution in [0.1, 0.15) is 11.3 Å². The standard InChI is InChI=1S/C14H12F3N3O5S/c15-14(16,17)26(23,24)25-12-10-8-19(13(21)22)7-6-11(10)18-20(12)9-4-2-1-3-5-9/h1-5H,6-8H2,(H,21,22). The molecule has 1 amide bonds. The average molecular weight is 391 g/mol. The summed E-state index contributed by atoms with van der Waals surface area (Å²) in [5.41, 5.74) is -5.10. The van der Waals surface area contributed by atoms with E-state index in [2.05, 4.69) is 9.28 Å². The molecule has 1 aromatic carbocycles. The number of rotatable bonds is 3. The van der Waals surface area contributed by atoms with Gasteiger partial charge in [-0.15, -0.1) is 0 Å². The molecule has 8 nitrogen and oxygen atoms in total. The number of carboxylic acid groups (broad SMARTS) is 1. The number of alkyl halides is 3. The Kier molecular flexibility index (Phi) is 4.30. The smallest absolute Gasteiger partial charge is 0.465 e. The van der Waals surface area contributed by atoms with E-state index >= 15 is 0 Å². The minimum absolute atomic E-state index is 0.0182.